The van der Waals surface area contributed by atoms with Crippen molar-refractivity contribution in [3.8, 4) is 6.07 Å². The highest BCUT2D eigenvalue weighted by atomic mass is 16.2. The van der Waals surface area contributed by atoms with E-state index < -0.39 is 0 Å². The molecule has 4 heteroatoms. The molecule has 4 nitrogen and oxygen atoms in total. The fraction of sp³-hybridized carbons (Fsp3) is 0.385. The zero-order chi connectivity index (χ0) is 12.4. The van der Waals surface area contributed by atoms with E-state index in [9.17, 15) is 4.79 Å². The van der Waals surface area contributed by atoms with Crippen LogP contribution in [0, 0.1) is 18.3 Å². The highest BCUT2D eigenvalue weighted by Crippen LogP contribution is 2.22. The molecule has 2 rings (SSSR count). The summed E-state index contributed by atoms with van der Waals surface area (Å²) in [6.45, 7) is 2.66. The summed E-state index contributed by atoms with van der Waals surface area (Å²) in [6, 6.07) is 7.61. The first-order valence-electron chi connectivity index (χ1n) is 5.64. The first kappa shape index (κ1) is 11.5. The van der Waals surface area contributed by atoms with E-state index >= 15 is 0 Å². The fourth-order valence-corrected chi connectivity index (χ4v) is 2.08. The van der Waals surface area contributed by atoms with Crippen LogP contribution in [-0.2, 0) is 4.79 Å². The average molecular weight is 229 g/mol. The predicted octanol–water partition coefficient (Wildman–Crippen LogP) is 1.51. The summed E-state index contributed by atoms with van der Waals surface area (Å²) < 4.78 is 0. The van der Waals surface area contributed by atoms with Crippen LogP contribution in [0.4, 0.5) is 5.69 Å². The Hall–Kier alpha value is -2.02. The number of benzene rings is 1. The second-order valence-corrected chi connectivity index (χ2v) is 4.35. The molecule has 1 aliphatic heterocycles. The number of carbonyl (C=O) groups excluding carboxylic acids is 1. The molecule has 88 valence electrons. The number of carbonyl (C=O) groups is 1. The summed E-state index contributed by atoms with van der Waals surface area (Å²) in [4.78, 5) is 13.5. The first-order chi connectivity index (χ1) is 8.13. The monoisotopic (exact) mass is 229 g/mol. The van der Waals surface area contributed by atoms with Crippen molar-refractivity contribution < 1.29 is 4.79 Å². The van der Waals surface area contributed by atoms with Gasteiger partial charge >= 0.3 is 0 Å². The molecule has 1 aromatic carbocycles. The van der Waals surface area contributed by atoms with E-state index in [1.165, 1.54) is 0 Å². The maximum absolute atomic E-state index is 11.8. The van der Waals surface area contributed by atoms with E-state index in [-0.39, 0.29) is 11.9 Å². The van der Waals surface area contributed by atoms with Crippen molar-refractivity contribution in [3.05, 3.63) is 29.3 Å². The third-order valence-corrected chi connectivity index (χ3v) is 3.14. The molecule has 1 heterocycles. The number of nitriles is 1. The molecule has 17 heavy (non-hydrogen) atoms. The Kier molecular flexibility index (Phi) is 3.01. The number of hydrogen-bond donors (Lipinski definition) is 1. The summed E-state index contributed by atoms with van der Waals surface area (Å²) in [7, 11) is 1.80. The Morgan fingerprint density at radius 1 is 1.53 bits per heavy atom. The third kappa shape index (κ3) is 2.09. The Morgan fingerprint density at radius 2 is 2.29 bits per heavy atom. The lowest BCUT2D eigenvalue weighted by atomic mass is 10.1. The molecule has 0 spiro atoms. The average Bonchev–Trinajstić information content (AvgIpc) is 2.61. The number of likely N-dealkylation sites (N-methyl/N-ethyl adjacent to an activating group) is 1. The Labute approximate surface area is 101 Å². The topological polar surface area (TPSA) is 56.1 Å². The van der Waals surface area contributed by atoms with Gasteiger partial charge in [0.15, 0.2) is 0 Å². The number of likely N-dealkylation sites (tertiary alicyclic amines) is 1. The lowest BCUT2D eigenvalue weighted by molar-refractivity contribution is -0.127. The summed E-state index contributed by atoms with van der Waals surface area (Å²) >= 11 is 0. The number of amides is 1. The second kappa shape index (κ2) is 4.46. The van der Waals surface area contributed by atoms with E-state index in [4.69, 9.17) is 5.26 Å². The van der Waals surface area contributed by atoms with E-state index in [1.54, 1.807) is 11.9 Å². The number of nitrogens with one attached hydrogen (secondary N) is 1. The van der Waals surface area contributed by atoms with Crippen molar-refractivity contribution in [2.24, 2.45) is 0 Å². The number of aryl methyl sites for hydroxylation is 1. The van der Waals surface area contributed by atoms with Gasteiger partial charge in [-0.1, -0.05) is 12.1 Å². The van der Waals surface area contributed by atoms with Crippen LogP contribution in [0.2, 0.25) is 0 Å². The zero-order valence-corrected chi connectivity index (χ0v) is 10.0. The van der Waals surface area contributed by atoms with Crippen molar-refractivity contribution >= 4 is 11.6 Å². The van der Waals surface area contributed by atoms with E-state index in [0.717, 1.165) is 24.2 Å². The SMILES string of the molecule is Cc1cccc(NC2CCN(C)C2=O)c1C#N. The van der Waals surface area contributed by atoms with Crippen LogP contribution in [0.1, 0.15) is 17.5 Å². The van der Waals surface area contributed by atoms with Crippen LogP contribution in [0.15, 0.2) is 18.2 Å². The van der Waals surface area contributed by atoms with Crippen molar-refractivity contribution in [1.82, 2.24) is 4.90 Å². The summed E-state index contributed by atoms with van der Waals surface area (Å²) in [5, 5.41) is 12.3. The highest BCUT2D eigenvalue weighted by Gasteiger charge is 2.29. The molecule has 0 saturated carbocycles. The van der Waals surface area contributed by atoms with Gasteiger partial charge < -0.3 is 10.2 Å². The Bertz CT molecular complexity index is 490. The smallest absolute Gasteiger partial charge is 0.244 e. The van der Waals surface area contributed by atoms with E-state index in [1.807, 2.05) is 25.1 Å². The minimum Gasteiger partial charge on any atom is -0.373 e. The maximum atomic E-state index is 11.8. The zero-order valence-electron chi connectivity index (χ0n) is 10.0. The molecule has 1 aliphatic rings. The van der Waals surface area contributed by atoms with Crippen LogP contribution in [0.5, 0.6) is 0 Å². The molecule has 1 unspecified atom stereocenters. The van der Waals surface area contributed by atoms with Crippen LogP contribution in [0.3, 0.4) is 0 Å². The molecule has 0 radical (unpaired) electrons. The summed E-state index contributed by atoms with van der Waals surface area (Å²) in [6.07, 6.45) is 0.786. The molecular formula is C13H15N3O. The van der Waals surface area contributed by atoms with E-state index in [0.29, 0.717) is 5.56 Å². The molecule has 1 amide bonds. The standard InChI is InChI=1S/C13H15N3O/c1-9-4-3-5-11(10(9)8-14)15-12-6-7-16(2)13(12)17/h3-5,12,15H,6-7H2,1-2H3. The minimum absolute atomic E-state index is 0.0930. The normalized spacial score (nSPS) is 19.2. The number of hydrogen-bond acceptors (Lipinski definition) is 3. The van der Waals surface area contributed by atoms with Gasteiger partial charge in [0.05, 0.1) is 11.3 Å². The van der Waals surface area contributed by atoms with Crippen LogP contribution >= 0.6 is 0 Å². The summed E-state index contributed by atoms with van der Waals surface area (Å²) in [5.41, 5.74) is 2.30. The maximum Gasteiger partial charge on any atom is 0.244 e. The lowest BCUT2D eigenvalue weighted by Gasteiger charge is -2.15. The molecule has 1 N–H and O–H groups in total. The van der Waals surface area contributed by atoms with Crippen LogP contribution < -0.4 is 5.32 Å². The van der Waals surface area contributed by atoms with Gasteiger partial charge in [-0.05, 0) is 25.0 Å². The van der Waals surface area contributed by atoms with Gasteiger partial charge in [0.2, 0.25) is 5.91 Å². The fourth-order valence-electron chi connectivity index (χ4n) is 2.08. The van der Waals surface area contributed by atoms with Gasteiger partial charge in [-0.2, -0.15) is 5.26 Å². The van der Waals surface area contributed by atoms with Gasteiger partial charge in [0, 0.05) is 13.6 Å². The van der Waals surface area contributed by atoms with Crippen molar-refractivity contribution in [2.45, 2.75) is 19.4 Å². The van der Waals surface area contributed by atoms with Gasteiger partial charge in [0.25, 0.3) is 0 Å². The first-order valence-corrected chi connectivity index (χ1v) is 5.64. The van der Waals surface area contributed by atoms with Gasteiger partial charge in [-0.3, -0.25) is 4.79 Å². The number of rotatable bonds is 2. The van der Waals surface area contributed by atoms with Crippen LogP contribution in [-0.4, -0.2) is 30.4 Å². The van der Waals surface area contributed by atoms with Crippen molar-refractivity contribution in [2.75, 3.05) is 18.9 Å². The highest BCUT2D eigenvalue weighted by molar-refractivity contribution is 5.87. The molecule has 1 aromatic rings. The van der Waals surface area contributed by atoms with Crippen LogP contribution in [0.25, 0.3) is 0 Å². The Morgan fingerprint density at radius 3 is 2.88 bits per heavy atom. The molecule has 0 bridgehead atoms. The molecule has 1 fully saturated rings. The van der Waals surface area contributed by atoms with Gasteiger partial charge in [-0.25, -0.2) is 0 Å². The van der Waals surface area contributed by atoms with Gasteiger partial charge in [0.1, 0.15) is 12.1 Å². The molecule has 1 atom stereocenters. The van der Waals surface area contributed by atoms with Crippen molar-refractivity contribution in [1.29, 1.82) is 5.26 Å². The third-order valence-electron chi connectivity index (χ3n) is 3.14. The molecular weight excluding hydrogens is 214 g/mol. The predicted molar refractivity (Wildman–Crippen MR) is 65.6 cm³/mol. The second-order valence-electron chi connectivity index (χ2n) is 4.35. The lowest BCUT2D eigenvalue weighted by Crippen LogP contribution is -2.31. The number of nitrogens with zero attached hydrogens (tertiary/aromatic N) is 2. The van der Waals surface area contributed by atoms with Gasteiger partial charge in [-0.15, -0.1) is 0 Å². The molecule has 1 saturated heterocycles. The minimum atomic E-state index is -0.200. The van der Waals surface area contributed by atoms with Crippen molar-refractivity contribution in [3.63, 3.8) is 0 Å². The largest absolute Gasteiger partial charge is 0.373 e. The quantitative estimate of drug-likeness (QED) is 0.836. The van der Waals surface area contributed by atoms with E-state index in [2.05, 4.69) is 11.4 Å². The molecule has 0 aromatic heterocycles. The summed E-state index contributed by atoms with van der Waals surface area (Å²) in [5.74, 6) is 0.0930. The number of anilines is 1. The molecule has 0 aliphatic carbocycles. The Balaban J connectivity index is 2.23.